The van der Waals surface area contributed by atoms with Gasteiger partial charge in [0.1, 0.15) is 0 Å². The highest BCUT2D eigenvalue weighted by atomic mass is 32.1. The van der Waals surface area contributed by atoms with E-state index in [1.54, 1.807) is 11.3 Å². The van der Waals surface area contributed by atoms with E-state index < -0.39 is 0 Å². The van der Waals surface area contributed by atoms with Crippen molar-refractivity contribution in [1.29, 1.82) is 0 Å². The van der Waals surface area contributed by atoms with E-state index in [9.17, 15) is 5.11 Å². The van der Waals surface area contributed by atoms with Crippen molar-refractivity contribution in [2.24, 2.45) is 11.7 Å². The van der Waals surface area contributed by atoms with Gasteiger partial charge in [0.05, 0.1) is 0 Å². The standard InChI is InChI=1S/C13H21NOS/c1-2-11(14)13(7-8-15,10-5-6-10)12-4-3-9-16-12/h3-4,9-11,15H,2,5-8,14H2,1H3. The lowest BCUT2D eigenvalue weighted by molar-refractivity contribution is 0.194. The molecule has 1 heterocycles. The van der Waals surface area contributed by atoms with E-state index in [0.717, 1.165) is 12.8 Å². The maximum absolute atomic E-state index is 9.37. The number of aliphatic hydroxyl groups is 1. The molecule has 1 aromatic rings. The van der Waals surface area contributed by atoms with Crippen molar-refractivity contribution in [3.8, 4) is 0 Å². The first-order valence-electron chi connectivity index (χ1n) is 6.16. The summed E-state index contributed by atoms with van der Waals surface area (Å²) in [5, 5.41) is 11.5. The van der Waals surface area contributed by atoms with Crippen molar-refractivity contribution in [2.75, 3.05) is 6.61 Å². The molecule has 90 valence electrons. The first-order chi connectivity index (χ1) is 7.75. The smallest absolute Gasteiger partial charge is 0.0440 e. The molecule has 1 fully saturated rings. The van der Waals surface area contributed by atoms with Crippen molar-refractivity contribution < 1.29 is 5.11 Å². The largest absolute Gasteiger partial charge is 0.396 e. The third-order valence-corrected chi connectivity index (χ3v) is 4.98. The van der Waals surface area contributed by atoms with E-state index >= 15 is 0 Å². The molecule has 0 radical (unpaired) electrons. The third-order valence-electron chi connectivity index (χ3n) is 3.91. The van der Waals surface area contributed by atoms with Crippen LogP contribution in [0, 0.1) is 5.92 Å². The fourth-order valence-electron chi connectivity index (χ4n) is 2.89. The van der Waals surface area contributed by atoms with Gasteiger partial charge in [-0.25, -0.2) is 0 Å². The van der Waals surface area contributed by atoms with Gasteiger partial charge in [-0.15, -0.1) is 11.3 Å². The van der Waals surface area contributed by atoms with Crippen molar-refractivity contribution in [1.82, 2.24) is 0 Å². The van der Waals surface area contributed by atoms with Gasteiger partial charge in [0.25, 0.3) is 0 Å². The summed E-state index contributed by atoms with van der Waals surface area (Å²) in [6, 6.07) is 4.45. The highest BCUT2D eigenvalue weighted by Gasteiger charge is 2.49. The zero-order valence-corrected chi connectivity index (χ0v) is 10.7. The molecule has 0 saturated heterocycles. The molecule has 0 spiro atoms. The van der Waals surface area contributed by atoms with Gasteiger partial charge in [-0.2, -0.15) is 0 Å². The normalized spacial score (nSPS) is 21.7. The quantitative estimate of drug-likeness (QED) is 0.801. The topological polar surface area (TPSA) is 46.2 Å². The zero-order chi connectivity index (χ0) is 11.6. The van der Waals surface area contributed by atoms with Crippen LogP contribution in [0.25, 0.3) is 0 Å². The van der Waals surface area contributed by atoms with Gasteiger partial charge in [-0.05, 0) is 43.0 Å². The van der Waals surface area contributed by atoms with E-state index in [1.165, 1.54) is 17.7 Å². The van der Waals surface area contributed by atoms with Crippen molar-refractivity contribution in [3.05, 3.63) is 22.4 Å². The molecule has 1 saturated carbocycles. The van der Waals surface area contributed by atoms with Gasteiger partial charge in [-0.1, -0.05) is 13.0 Å². The van der Waals surface area contributed by atoms with E-state index in [2.05, 4.69) is 24.4 Å². The molecule has 3 N–H and O–H groups in total. The monoisotopic (exact) mass is 239 g/mol. The molecule has 1 aliphatic carbocycles. The maximum atomic E-state index is 9.37. The summed E-state index contributed by atoms with van der Waals surface area (Å²) in [4.78, 5) is 1.37. The van der Waals surface area contributed by atoms with Crippen LogP contribution in [0.15, 0.2) is 17.5 Å². The molecule has 2 unspecified atom stereocenters. The second kappa shape index (κ2) is 4.86. The molecular formula is C13H21NOS. The summed E-state index contributed by atoms with van der Waals surface area (Å²) >= 11 is 1.79. The fourth-order valence-corrected chi connectivity index (χ4v) is 3.99. The minimum Gasteiger partial charge on any atom is -0.396 e. The van der Waals surface area contributed by atoms with Crippen LogP contribution in [-0.2, 0) is 5.41 Å². The van der Waals surface area contributed by atoms with E-state index in [1.807, 2.05) is 0 Å². The average molecular weight is 239 g/mol. The van der Waals surface area contributed by atoms with E-state index in [4.69, 9.17) is 5.73 Å². The Kier molecular flexibility index (Phi) is 3.67. The Bertz CT molecular complexity index is 321. The first-order valence-corrected chi connectivity index (χ1v) is 7.04. The molecule has 3 heteroatoms. The Labute approximate surface area is 101 Å². The van der Waals surface area contributed by atoms with Crippen LogP contribution in [0.5, 0.6) is 0 Å². The highest BCUT2D eigenvalue weighted by Crippen LogP contribution is 2.52. The van der Waals surface area contributed by atoms with Crippen molar-refractivity contribution in [2.45, 2.75) is 44.1 Å². The number of hydrogen-bond acceptors (Lipinski definition) is 3. The maximum Gasteiger partial charge on any atom is 0.0440 e. The van der Waals surface area contributed by atoms with Crippen LogP contribution in [0.2, 0.25) is 0 Å². The second-order valence-electron chi connectivity index (χ2n) is 4.78. The molecule has 0 bridgehead atoms. The number of nitrogens with two attached hydrogens (primary N) is 1. The third kappa shape index (κ3) is 1.92. The Morgan fingerprint density at radius 3 is 2.81 bits per heavy atom. The molecule has 1 aliphatic rings. The Hall–Kier alpha value is -0.380. The van der Waals surface area contributed by atoms with Crippen LogP contribution in [0.4, 0.5) is 0 Å². The molecule has 0 amide bonds. The van der Waals surface area contributed by atoms with Gasteiger partial charge in [-0.3, -0.25) is 0 Å². The van der Waals surface area contributed by atoms with Gasteiger partial charge < -0.3 is 10.8 Å². The number of rotatable bonds is 6. The second-order valence-corrected chi connectivity index (χ2v) is 5.73. The number of thiophene rings is 1. The molecule has 1 aromatic heterocycles. The van der Waals surface area contributed by atoms with Gasteiger partial charge in [0, 0.05) is 22.9 Å². The molecule has 0 aliphatic heterocycles. The molecule has 0 aromatic carbocycles. The van der Waals surface area contributed by atoms with E-state index in [-0.39, 0.29) is 18.1 Å². The SMILES string of the molecule is CCC(N)C(CCO)(c1cccs1)C1CC1. The Morgan fingerprint density at radius 1 is 1.62 bits per heavy atom. The van der Waals surface area contributed by atoms with Crippen LogP contribution in [0.3, 0.4) is 0 Å². The van der Waals surface area contributed by atoms with Gasteiger partial charge in [0.2, 0.25) is 0 Å². The minimum absolute atomic E-state index is 0.0394. The lowest BCUT2D eigenvalue weighted by atomic mass is 9.71. The minimum atomic E-state index is 0.0394. The Balaban J connectivity index is 2.35. The predicted octanol–water partition coefficient (Wildman–Crippen LogP) is 2.52. The molecule has 16 heavy (non-hydrogen) atoms. The summed E-state index contributed by atoms with van der Waals surface area (Å²) in [5.74, 6) is 0.688. The van der Waals surface area contributed by atoms with Crippen LogP contribution >= 0.6 is 11.3 Å². The summed E-state index contributed by atoms with van der Waals surface area (Å²) in [5.41, 5.74) is 6.41. The summed E-state index contributed by atoms with van der Waals surface area (Å²) in [6.07, 6.45) is 4.33. The highest BCUT2D eigenvalue weighted by molar-refractivity contribution is 7.10. The van der Waals surface area contributed by atoms with Crippen molar-refractivity contribution >= 4 is 11.3 Å². The average Bonchev–Trinajstić information content (AvgIpc) is 3.00. The van der Waals surface area contributed by atoms with Gasteiger partial charge >= 0.3 is 0 Å². The lowest BCUT2D eigenvalue weighted by Crippen LogP contribution is -2.47. The summed E-state index contributed by atoms with van der Waals surface area (Å²) in [6.45, 7) is 2.38. The molecule has 2 atom stereocenters. The predicted molar refractivity (Wildman–Crippen MR) is 68.7 cm³/mol. The zero-order valence-electron chi connectivity index (χ0n) is 9.86. The molecule has 2 rings (SSSR count). The van der Waals surface area contributed by atoms with Crippen molar-refractivity contribution in [3.63, 3.8) is 0 Å². The number of aliphatic hydroxyl groups excluding tert-OH is 1. The summed E-state index contributed by atoms with van der Waals surface area (Å²) < 4.78 is 0. The molecule has 2 nitrogen and oxygen atoms in total. The Morgan fingerprint density at radius 2 is 2.38 bits per heavy atom. The van der Waals surface area contributed by atoms with Gasteiger partial charge in [0.15, 0.2) is 0 Å². The lowest BCUT2D eigenvalue weighted by Gasteiger charge is -2.38. The first kappa shape index (κ1) is 12.1. The van der Waals surface area contributed by atoms with Crippen LogP contribution in [0.1, 0.15) is 37.5 Å². The van der Waals surface area contributed by atoms with Crippen LogP contribution < -0.4 is 5.73 Å². The summed E-state index contributed by atoms with van der Waals surface area (Å²) in [7, 11) is 0. The fraction of sp³-hybridized carbons (Fsp3) is 0.692. The van der Waals surface area contributed by atoms with Crippen LogP contribution in [-0.4, -0.2) is 17.8 Å². The van der Waals surface area contributed by atoms with E-state index in [0.29, 0.717) is 5.92 Å². The number of hydrogen-bond donors (Lipinski definition) is 2. The molecular weight excluding hydrogens is 218 g/mol.